The van der Waals surface area contributed by atoms with Crippen LogP contribution in [0.15, 0.2) is 36.4 Å². The quantitative estimate of drug-likeness (QED) is 0.462. The molecule has 2 aromatic rings. The Morgan fingerprint density at radius 2 is 1.47 bits per heavy atom. The Bertz CT molecular complexity index is 831. The maximum atomic E-state index is 14.5. The number of halogens is 2. The Morgan fingerprint density at radius 3 is 2.07 bits per heavy atom. The van der Waals surface area contributed by atoms with Crippen molar-refractivity contribution in [2.45, 2.75) is 71.1 Å². The molecule has 0 aliphatic heterocycles. The van der Waals surface area contributed by atoms with Crippen molar-refractivity contribution in [2.24, 2.45) is 17.8 Å². The molecule has 0 bridgehead atoms. The summed E-state index contributed by atoms with van der Waals surface area (Å²) in [6.07, 6.45) is 11.1. The van der Waals surface area contributed by atoms with Gasteiger partial charge in [-0.15, -0.1) is 0 Å². The molecule has 0 atom stereocenters. The number of hydrogen-bond donors (Lipinski definition) is 0. The van der Waals surface area contributed by atoms with E-state index in [-0.39, 0.29) is 10.8 Å². The highest BCUT2D eigenvalue weighted by Gasteiger charge is 2.30. The Kier molecular flexibility index (Phi) is 7.03. The van der Waals surface area contributed by atoms with Gasteiger partial charge in [-0.05, 0) is 92.4 Å². The lowest BCUT2D eigenvalue weighted by Gasteiger charge is -2.37. The molecule has 4 rings (SSSR count). The smallest absolute Gasteiger partial charge is 0.184 e. The number of benzene rings is 2. The van der Waals surface area contributed by atoms with Crippen LogP contribution in [0.4, 0.5) is 4.39 Å². The maximum Gasteiger partial charge on any atom is 0.184 e. The van der Waals surface area contributed by atoms with E-state index in [1.54, 1.807) is 6.07 Å². The third-order valence-electron chi connectivity index (χ3n) is 7.54. The SMILES string of the molecule is CCOc1ccc(-c2ccc(C3CCC(C4CCC(C)CC4)CC3)cc2)c(Cl)c1F. The lowest BCUT2D eigenvalue weighted by atomic mass is 9.68. The van der Waals surface area contributed by atoms with Gasteiger partial charge < -0.3 is 4.74 Å². The minimum absolute atomic E-state index is 0.135. The number of hydrogen-bond acceptors (Lipinski definition) is 1. The molecular formula is C27H34ClFO. The third kappa shape index (κ3) is 4.69. The molecule has 0 N–H and O–H groups in total. The highest BCUT2D eigenvalue weighted by atomic mass is 35.5. The zero-order valence-electron chi connectivity index (χ0n) is 18.3. The van der Waals surface area contributed by atoms with E-state index < -0.39 is 5.82 Å². The Balaban J connectivity index is 1.39. The predicted octanol–water partition coefficient (Wildman–Crippen LogP) is 8.64. The van der Waals surface area contributed by atoms with Crippen LogP contribution in [0.2, 0.25) is 5.02 Å². The van der Waals surface area contributed by atoms with Crippen LogP contribution in [0.5, 0.6) is 5.75 Å². The second-order valence-electron chi connectivity index (χ2n) is 9.43. The van der Waals surface area contributed by atoms with Crippen molar-refractivity contribution in [3.8, 4) is 16.9 Å². The van der Waals surface area contributed by atoms with Gasteiger partial charge in [0.15, 0.2) is 11.6 Å². The summed E-state index contributed by atoms with van der Waals surface area (Å²) in [6, 6.07) is 12.1. The summed E-state index contributed by atoms with van der Waals surface area (Å²) in [5.74, 6) is 3.25. The molecule has 0 amide bonds. The largest absolute Gasteiger partial charge is 0.491 e. The van der Waals surface area contributed by atoms with Crippen molar-refractivity contribution in [3.63, 3.8) is 0 Å². The highest BCUT2D eigenvalue weighted by Crippen LogP contribution is 2.44. The summed E-state index contributed by atoms with van der Waals surface area (Å²) in [6.45, 7) is 4.66. The van der Waals surface area contributed by atoms with E-state index >= 15 is 0 Å². The highest BCUT2D eigenvalue weighted by molar-refractivity contribution is 6.33. The van der Waals surface area contributed by atoms with E-state index in [9.17, 15) is 4.39 Å². The minimum atomic E-state index is -0.476. The Labute approximate surface area is 186 Å². The fraction of sp³-hybridized carbons (Fsp3) is 0.556. The molecule has 0 spiro atoms. The molecule has 2 fully saturated rings. The summed E-state index contributed by atoms with van der Waals surface area (Å²) in [7, 11) is 0. The first-order valence-electron chi connectivity index (χ1n) is 11.8. The lowest BCUT2D eigenvalue weighted by Crippen LogP contribution is -2.24. The second kappa shape index (κ2) is 9.73. The van der Waals surface area contributed by atoms with Gasteiger partial charge in [0.1, 0.15) is 0 Å². The van der Waals surface area contributed by atoms with Gasteiger partial charge in [0.25, 0.3) is 0 Å². The summed E-state index contributed by atoms with van der Waals surface area (Å²) in [5.41, 5.74) is 3.09. The zero-order valence-corrected chi connectivity index (χ0v) is 19.1. The van der Waals surface area contributed by atoms with Crippen molar-refractivity contribution in [1.82, 2.24) is 0 Å². The van der Waals surface area contributed by atoms with Crippen molar-refractivity contribution in [1.29, 1.82) is 0 Å². The Morgan fingerprint density at radius 1 is 0.867 bits per heavy atom. The van der Waals surface area contributed by atoms with Crippen LogP contribution in [0.1, 0.15) is 76.7 Å². The molecule has 0 saturated heterocycles. The van der Waals surface area contributed by atoms with Gasteiger partial charge in [-0.1, -0.05) is 55.6 Å². The molecule has 2 aliphatic carbocycles. The summed E-state index contributed by atoms with van der Waals surface area (Å²) in [4.78, 5) is 0. The van der Waals surface area contributed by atoms with E-state index in [0.29, 0.717) is 12.5 Å². The van der Waals surface area contributed by atoms with Crippen LogP contribution >= 0.6 is 11.6 Å². The van der Waals surface area contributed by atoms with Gasteiger partial charge in [0.2, 0.25) is 0 Å². The van der Waals surface area contributed by atoms with E-state index in [1.807, 2.05) is 13.0 Å². The van der Waals surface area contributed by atoms with E-state index in [2.05, 4.69) is 31.2 Å². The molecule has 2 saturated carbocycles. The van der Waals surface area contributed by atoms with E-state index in [1.165, 1.54) is 56.9 Å². The van der Waals surface area contributed by atoms with Gasteiger partial charge in [-0.2, -0.15) is 0 Å². The average molecular weight is 429 g/mol. The van der Waals surface area contributed by atoms with Crippen molar-refractivity contribution in [3.05, 3.63) is 52.8 Å². The van der Waals surface area contributed by atoms with Crippen LogP contribution < -0.4 is 4.74 Å². The molecule has 2 aromatic carbocycles. The Hall–Kier alpha value is -1.54. The van der Waals surface area contributed by atoms with Gasteiger partial charge in [-0.25, -0.2) is 4.39 Å². The lowest BCUT2D eigenvalue weighted by molar-refractivity contribution is 0.165. The molecule has 0 aromatic heterocycles. The van der Waals surface area contributed by atoms with Crippen LogP contribution in [-0.4, -0.2) is 6.61 Å². The molecule has 3 heteroatoms. The minimum Gasteiger partial charge on any atom is -0.491 e. The predicted molar refractivity (Wildman–Crippen MR) is 124 cm³/mol. The van der Waals surface area contributed by atoms with Crippen molar-refractivity contribution < 1.29 is 9.13 Å². The third-order valence-corrected chi connectivity index (χ3v) is 7.91. The van der Waals surface area contributed by atoms with Crippen molar-refractivity contribution >= 4 is 11.6 Å². The molecule has 30 heavy (non-hydrogen) atoms. The molecule has 0 heterocycles. The zero-order chi connectivity index (χ0) is 21.1. The van der Waals surface area contributed by atoms with Gasteiger partial charge >= 0.3 is 0 Å². The van der Waals surface area contributed by atoms with E-state index in [0.717, 1.165) is 28.9 Å². The topological polar surface area (TPSA) is 9.23 Å². The molecule has 162 valence electrons. The molecular weight excluding hydrogens is 395 g/mol. The fourth-order valence-corrected chi connectivity index (χ4v) is 5.90. The first-order valence-corrected chi connectivity index (χ1v) is 12.2. The van der Waals surface area contributed by atoms with Gasteiger partial charge in [-0.3, -0.25) is 0 Å². The van der Waals surface area contributed by atoms with Crippen LogP contribution in [0.3, 0.4) is 0 Å². The standard InChI is InChI=1S/C27H34ClFO/c1-3-30-25-17-16-24(26(28)27(25)29)23-14-12-22(13-15-23)21-10-8-20(9-11-21)19-6-4-18(2)5-7-19/h12-21H,3-11H2,1-2H3. The molecule has 0 unspecified atom stereocenters. The summed E-state index contributed by atoms with van der Waals surface area (Å²) >= 11 is 6.30. The van der Waals surface area contributed by atoms with Gasteiger partial charge in [0, 0.05) is 5.56 Å². The molecule has 2 aliphatic rings. The summed E-state index contributed by atoms with van der Waals surface area (Å²) < 4.78 is 19.8. The van der Waals surface area contributed by atoms with Crippen LogP contribution in [0, 0.1) is 23.6 Å². The fourth-order valence-electron chi connectivity index (χ4n) is 5.64. The molecule has 0 radical (unpaired) electrons. The molecule has 1 nitrogen and oxygen atoms in total. The number of ether oxygens (including phenoxy) is 1. The number of rotatable bonds is 5. The maximum absolute atomic E-state index is 14.5. The first kappa shape index (κ1) is 21.7. The van der Waals surface area contributed by atoms with Crippen molar-refractivity contribution in [2.75, 3.05) is 6.61 Å². The normalized spacial score (nSPS) is 27.1. The second-order valence-corrected chi connectivity index (χ2v) is 9.80. The average Bonchev–Trinajstić information content (AvgIpc) is 2.78. The van der Waals surface area contributed by atoms with Crippen LogP contribution in [-0.2, 0) is 0 Å². The first-order chi connectivity index (χ1) is 14.6. The monoisotopic (exact) mass is 428 g/mol. The van der Waals surface area contributed by atoms with E-state index in [4.69, 9.17) is 16.3 Å². The summed E-state index contributed by atoms with van der Waals surface area (Å²) in [5, 5.41) is 0.135. The van der Waals surface area contributed by atoms with Gasteiger partial charge in [0.05, 0.1) is 11.6 Å². The van der Waals surface area contributed by atoms with Crippen LogP contribution in [0.25, 0.3) is 11.1 Å².